The summed E-state index contributed by atoms with van der Waals surface area (Å²) in [5, 5.41) is 8.94. The van der Waals surface area contributed by atoms with Crippen molar-refractivity contribution < 1.29 is 0 Å². The molecule has 1 saturated carbocycles. The number of halogens is 1. The van der Waals surface area contributed by atoms with E-state index in [1.807, 2.05) is 0 Å². The Hall–Kier alpha value is -0.190. The van der Waals surface area contributed by atoms with Crippen LogP contribution in [0.25, 0.3) is 0 Å². The summed E-state index contributed by atoms with van der Waals surface area (Å²) in [7, 11) is 0. The van der Waals surface area contributed by atoms with Crippen LogP contribution in [0, 0.1) is 0 Å². The lowest BCUT2D eigenvalue weighted by molar-refractivity contribution is 0.199. The monoisotopic (exact) mass is 245 g/mol. The molecule has 0 unspecified atom stereocenters. The molecule has 2 rings (SSSR count). The quantitative estimate of drug-likeness (QED) is 0.817. The van der Waals surface area contributed by atoms with Gasteiger partial charge in [0, 0.05) is 6.04 Å². The maximum atomic E-state index is 5.77. The zero-order valence-corrected chi connectivity index (χ0v) is 10.5. The van der Waals surface area contributed by atoms with Crippen molar-refractivity contribution in [2.75, 3.05) is 6.54 Å². The zero-order valence-electron chi connectivity index (χ0n) is 8.95. The van der Waals surface area contributed by atoms with Crippen LogP contribution in [0.5, 0.6) is 0 Å². The molecule has 0 aromatic carbocycles. The predicted molar refractivity (Wildman–Crippen MR) is 63.3 cm³/mol. The molecule has 84 valence electrons. The van der Waals surface area contributed by atoms with E-state index in [-0.39, 0.29) is 0 Å². The molecule has 1 aliphatic carbocycles. The first-order chi connectivity index (χ1) is 7.29. The normalized spacial score (nSPS) is 17.8. The lowest BCUT2D eigenvalue weighted by Gasteiger charge is -2.25. The summed E-state index contributed by atoms with van der Waals surface area (Å²) < 4.78 is 0.549. The van der Waals surface area contributed by atoms with Crippen LogP contribution in [-0.4, -0.2) is 27.7 Å². The molecule has 0 bridgehead atoms. The van der Waals surface area contributed by atoms with Crippen LogP contribution in [0.3, 0.4) is 0 Å². The van der Waals surface area contributed by atoms with Crippen LogP contribution < -0.4 is 0 Å². The maximum Gasteiger partial charge on any atom is 0.207 e. The van der Waals surface area contributed by atoms with E-state index in [2.05, 4.69) is 22.0 Å². The van der Waals surface area contributed by atoms with Gasteiger partial charge in [-0.1, -0.05) is 31.1 Å². The Balaban J connectivity index is 1.95. The van der Waals surface area contributed by atoms with E-state index >= 15 is 0 Å². The molecular weight excluding hydrogens is 230 g/mol. The van der Waals surface area contributed by atoms with E-state index in [4.69, 9.17) is 11.6 Å². The van der Waals surface area contributed by atoms with Gasteiger partial charge in [0.1, 0.15) is 5.01 Å². The van der Waals surface area contributed by atoms with Crippen LogP contribution >= 0.6 is 22.9 Å². The molecule has 1 aromatic heterocycles. The number of rotatable bonds is 4. The van der Waals surface area contributed by atoms with Crippen molar-refractivity contribution in [3.05, 3.63) is 9.47 Å². The first-order valence-electron chi connectivity index (χ1n) is 5.51. The van der Waals surface area contributed by atoms with Gasteiger partial charge in [0.2, 0.25) is 4.47 Å². The summed E-state index contributed by atoms with van der Waals surface area (Å²) in [6.45, 7) is 4.20. The van der Waals surface area contributed by atoms with Crippen molar-refractivity contribution in [3.63, 3.8) is 0 Å². The van der Waals surface area contributed by atoms with Gasteiger partial charge in [0.25, 0.3) is 0 Å². The largest absolute Gasteiger partial charge is 0.294 e. The Labute approximate surface area is 99.5 Å². The van der Waals surface area contributed by atoms with Crippen molar-refractivity contribution in [1.82, 2.24) is 15.1 Å². The van der Waals surface area contributed by atoms with Crippen molar-refractivity contribution >= 4 is 22.9 Å². The first kappa shape index (κ1) is 11.3. The van der Waals surface area contributed by atoms with Crippen LogP contribution in [0.1, 0.15) is 37.6 Å². The van der Waals surface area contributed by atoms with Crippen molar-refractivity contribution in [2.45, 2.75) is 45.2 Å². The van der Waals surface area contributed by atoms with Gasteiger partial charge in [-0.25, -0.2) is 0 Å². The summed E-state index contributed by atoms with van der Waals surface area (Å²) >= 11 is 7.26. The summed E-state index contributed by atoms with van der Waals surface area (Å²) in [5.41, 5.74) is 0. The molecule has 1 aliphatic rings. The van der Waals surface area contributed by atoms with Crippen molar-refractivity contribution in [1.29, 1.82) is 0 Å². The van der Waals surface area contributed by atoms with E-state index in [0.29, 0.717) is 4.47 Å². The number of hydrogen-bond donors (Lipinski definition) is 0. The fourth-order valence-corrected chi connectivity index (χ4v) is 3.13. The third-order valence-electron chi connectivity index (χ3n) is 3.03. The van der Waals surface area contributed by atoms with E-state index in [9.17, 15) is 0 Å². The van der Waals surface area contributed by atoms with Crippen LogP contribution in [-0.2, 0) is 6.54 Å². The van der Waals surface area contributed by atoms with Gasteiger partial charge in [-0.2, -0.15) is 0 Å². The highest BCUT2D eigenvalue weighted by molar-refractivity contribution is 7.15. The SMILES string of the molecule is CCN(Cc1nnc(Cl)s1)C1CCCC1. The van der Waals surface area contributed by atoms with E-state index in [1.54, 1.807) is 0 Å². The molecule has 0 atom stereocenters. The van der Waals surface area contributed by atoms with Gasteiger partial charge in [-0.05, 0) is 31.0 Å². The van der Waals surface area contributed by atoms with E-state index in [1.165, 1.54) is 37.0 Å². The molecule has 5 heteroatoms. The molecule has 1 fully saturated rings. The Morgan fingerprint density at radius 2 is 2.13 bits per heavy atom. The molecule has 0 spiro atoms. The number of hydrogen-bond acceptors (Lipinski definition) is 4. The molecule has 0 N–H and O–H groups in total. The van der Waals surface area contributed by atoms with Gasteiger partial charge >= 0.3 is 0 Å². The van der Waals surface area contributed by atoms with Crippen LogP contribution in [0.2, 0.25) is 4.47 Å². The summed E-state index contributed by atoms with van der Waals surface area (Å²) in [4.78, 5) is 2.49. The third-order valence-corrected chi connectivity index (χ3v) is 4.03. The fraction of sp³-hybridized carbons (Fsp3) is 0.800. The second-order valence-electron chi connectivity index (χ2n) is 3.95. The molecule has 1 heterocycles. The highest BCUT2D eigenvalue weighted by Gasteiger charge is 2.22. The summed E-state index contributed by atoms with van der Waals surface area (Å²) in [6, 6.07) is 0.748. The smallest absolute Gasteiger partial charge is 0.207 e. The fourth-order valence-electron chi connectivity index (χ4n) is 2.24. The van der Waals surface area contributed by atoms with Gasteiger partial charge < -0.3 is 0 Å². The maximum absolute atomic E-state index is 5.77. The second-order valence-corrected chi connectivity index (χ2v) is 5.59. The molecule has 0 radical (unpaired) electrons. The lowest BCUT2D eigenvalue weighted by Crippen LogP contribution is -2.32. The summed E-state index contributed by atoms with van der Waals surface area (Å²) in [5.74, 6) is 0. The lowest BCUT2D eigenvalue weighted by atomic mass is 10.2. The van der Waals surface area contributed by atoms with E-state index < -0.39 is 0 Å². The highest BCUT2D eigenvalue weighted by Crippen LogP contribution is 2.25. The Morgan fingerprint density at radius 3 is 2.67 bits per heavy atom. The van der Waals surface area contributed by atoms with Crippen LogP contribution in [0.4, 0.5) is 0 Å². The average molecular weight is 246 g/mol. The van der Waals surface area contributed by atoms with Gasteiger partial charge in [0.05, 0.1) is 6.54 Å². The highest BCUT2D eigenvalue weighted by atomic mass is 35.5. The zero-order chi connectivity index (χ0) is 10.7. The Morgan fingerprint density at radius 1 is 1.40 bits per heavy atom. The van der Waals surface area contributed by atoms with Gasteiger partial charge in [0.15, 0.2) is 0 Å². The van der Waals surface area contributed by atoms with E-state index in [0.717, 1.165) is 24.1 Å². The van der Waals surface area contributed by atoms with Crippen molar-refractivity contribution in [2.24, 2.45) is 0 Å². The minimum absolute atomic E-state index is 0.549. The molecule has 0 amide bonds. The molecule has 3 nitrogen and oxygen atoms in total. The number of nitrogens with zero attached hydrogens (tertiary/aromatic N) is 3. The predicted octanol–water partition coefficient (Wildman–Crippen LogP) is 2.96. The molecule has 0 saturated heterocycles. The number of aromatic nitrogens is 2. The summed E-state index contributed by atoms with van der Waals surface area (Å²) in [6.07, 6.45) is 5.41. The topological polar surface area (TPSA) is 29.0 Å². The minimum Gasteiger partial charge on any atom is -0.294 e. The molecule has 0 aliphatic heterocycles. The average Bonchev–Trinajstić information content (AvgIpc) is 2.85. The first-order valence-corrected chi connectivity index (χ1v) is 6.71. The molecule has 1 aromatic rings. The third kappa shape index (κ3) is 2.89. The standard InChI is InChI=1S/C10H16ClN3S/c1-2-14(8-5-3-4-6-8)7-9-12-13-10(11)15-9/h8H,2-7H2,1H3. The van der Waals surface area contributed by atoms with Gasteiger partial charge in [-0.15, -0.1) is 10.2 Å². The Bertz CT molecular complexity index is 309. The molecule has 15 heavy (non-hydrogen) atoms. The van der Waals surface area contributed by atoms with Crippen molar-refractivity contribution in [3.8, 4) is 0 Å². The van der Waals surface area contributed by atoms with Crippen LogP contribution in [0.15, 0.2) is 0 Å². The minimum atomic E-state index is 0.549. The molecular formula is C10H16ClN3S. The Kier molecular flexibility index (Phi) is 3.94. The second kappa shape index (κ2) is 5.23. The van der Waals surface area contributed by atoms with Gasteiger partial charge in [-0.3, -0.25) is 4.90 Å².